The maximum absolute atomic E-state index is 12.5. The number of hydrogen-bond donors (Lipinski definition) is 1. The van der Waals surface area contributed by atoms with Crippen LogP contribution >= 0.6 is 11.3 Å². The highest BCUT2D eigenvalue weighted by Crippen LogP contribution is 2.28. The molecule has 0 atom stereocenters. The third kappa shape index (κ3) is 3.82. The normalized spacial score (nSPS) is 11.2. The number of rotatable bonds is 4. The zero-order valence-electron chi connectivity index (χ0n) is 11.3. The van der Waals surface area contributed by atoms with Gasteiger partial charge in [0.1, 0.15) is 11.1 Å². The van der Waals surface area contributed by atoms with Crippen molar-refractivity contribution in [2.75, 3.05) is 0 Å². The fourth-order valence-electron chi connectivity index (χ4n) is 1.65. The van der Waals surface area contributed by atoms with E-state index in [1.807, 2.05) is 6.07 Å². The molecule has 2 heterocycles. The molecule has 2 rings (SSSR count). The standard InChI is InChI=1S/C12H10F3N5OS/c1-20-8(2-9(19-20)12(13,14)15)3-10(21)17-5-11-18-7(4-16)6-22-11/h2,6H,3,5H2,1H3,(H,17,21). The van der Waals surface area contributed by atoms with Crippen molar-refractivity contribution in [2.45, 2.75) is 19.1 Å². The van der Waals surface area contributed by atoms with E-state index < -0.39 is 17.8 Å². The second-order valence-corrected chi connectivity index (χ2v) is 5.28. The van der Waals surface area contributed by atoms with Crippen LogP contribution in [0.25, 0.3) is 0 Å². The topological polar surface area (TPSA) is 83.6 Å². The van der Waals surface area contributed by atoms with Crippen molar-refractivity contribution in [3.05, 3.63) is 33.5 Å². The summed E-state index contributed by atoms with van der Waals surface area (Å²) in [5.74, 6) is -0.453. The van der Waals surface area contributed by atoms with E-state index in [0.29, 0.717) is 5.01 Å². The summed E-state index contributed by atoms with van der Waals surface area (Å²) in [5, 5.41) is 16.6. The van der Waals surface area contributed by atoms with E-state index in [2.05, 4.69) is 15.4 Å². The molecule has 0 aliphatic carbocycles. The van der Waals surface area contributed by atoms with Crippen LogP contribution in [0.5, 0.6) is 0 Å². The number of carbonyl (C=O) groups excluding carboxylic acids is 1. The molecule has 0 saturated heterocycles. The molecule has 0 spiro atoms. The van der Waals surface area contributed by atoms with Crippen molar-refractivity contribution in [1.29, 1.82) is 5.26 Å². The van der Waals surface area contributed by atoms with Gasteiger partial charge in [-0.3, -0.25) is 9.48 Å². The van der Waals surface area contributed by atoms with E-state index in [9.17, 15) is 18.0 Å². The molecule has 1 amide bonds. The summed E-state index contributed by atoms with van der Waals surface area (Å²) in [5.41, 5.74) is -0.617. The summed E-state index contributed by atoms with van der Waals surface area (Å²) in [7, 11) is 1.35. The highest BCUT2D eigenvalue weighted by Gasteiger charge is 2.34. The zero-order chi connectivity index (χ0) is 16.3. The summed E-state index contributed by atoms with van der Waals surface area (Å²) in [4.78, 5) is 15.7. The summed E-state index contributed by atoms with van der Waals surface area (Å²) in [6, 6.07) is 2.71. The van der Waals surface area contributed by atoms with Gasteiger partial charge in [0, 0.05) is 18.1 Å². The van der Waals surface area contributed by atoms with E-state index in [0.717, 1.165) is 10.7 Å². The molecule has 6 nitrogen and oxygen atoms in total. The van der Waals surface area contributed by atoms with Crippen LogP contribution in [0.2, 0.25) is 0 Å². The molecule has 10 heteroatoms. The molecule has 0 fully saturated rings. The first-order valence-corrected chi connectivity index (χ1v) is 6.89. The lowest BCUT2D eigenvalue weighted by atomic mass is 10.2. The lowest BCUT2D eigenvalue weighted by Crippen LogP contribution is -2.25. The number of aromatic nitrogens is 3. The van der Waals surface area contributed by atoms with Crippen LogP contribution in [0, 0.1) is 11.3 Å². The SMILES string of the molecule is Cn1nc(C(F)(F)F)cc1CC(=O)NCc1nc(C#N)cs1. The number of nitriles is 1. The number of alkyl halides is 3. The van der Waals surface area contributed by atoms with Gasteiger partial charge in [-0.1, -0.05) is 0 Å². The first-order valence-electron chi connectivity index (χ1n) is 6.01. The first-order chi connectivity index (χ1) is 10.3. The Kier molecular flexibility index (Phi) is 4.46. The minimum absolute atomic E-state index is 0.120. The molecule has 0 saturated carbocycles. The van der Waals surface area contributed by atoms with Crippen LogP contribution in [-0.4, -0.2) is 20.7 Å². The van der Waals surface area contributed by atoms with Crippen LogP contribution in [0.4, 0.5) is 13.2 Å². The minimum atomic E-state index is -4.54. The van der Waals surface area contributed by atoms with Crippen LogP contribution in [-0.2, 0) is 31.0 Å². The van der Waals surface area contributed by atoms with Crippen molar-refractivity contribution in [3.63, 3.8) is 0 Å². The fourth-order valence-corrected chi connectivity index (χ4v) is 2.31. The van der Waals surface area contributed by atoms with Crippen molar-refractivity contribution in [3.8, 4) is 6.07 Å². The van der Waals surface area contributed by atoms with Crippen LogP contribution in [0.3, 0.4) is 0 Å². The fraction of sp³-hybridized carbons (Fsp3) is 0.333. The van der Waals surface area contributed by atoms with Crippen molar-refractivity contribution >= 4 is 17.2 Å². The monoisotopic (exact) mass is 329 g/mol. The summed E-state index contributed by atoms with van der Waals surface area (Å²) < 4.78 is 38.6. The zero-order valence-corrected chi connectivity index (χ0v) is 12.1. The van der Waals surface area contributed by atoms with Crippen molar-refractivity contribution in [1.82, 2.24) is 20.1 Å². The Morgan fingerprint density at radius 1 is 1.55 bits per heavy atom. The third-order valence-corrected chi connectivity index (χ3v) is 3.56. The summed E-state index contributed by atoms with van der Waals surface area (Å²) in [6.07, 6.45) is -4.77. The molecule has 22 heavy (non-hydrogen) atoms. The second kappa shape index (κ2) is 6.15. The molecule has 0 aliphatic rings. The molecule has 116 valence electrons. The highest BCUT2D eigenvalue weighted by atomic mass is 32.1. The molecule has 0 unspecified atom stereocenters. The van der Waals surface area contributed by atoms with Gasteiger partial charge in [0.05, 0.1) is 13.0 Å². The van der Waals surface area contributed by atoms with Crippen LogP contribution < -0.4 is 5.32 Å². The van der Waals surface area contributed by atoms with Gasteiger partial charge in [-0.2, -0.15) is 23.5 Å². The van der Waals surface area contributed by atoms with Crippen molar-refractivity contribution in [2.24, 2.45) is 7.05 Å². The van der Waals surface area contributed by atoms with E-state index in [1.54, 1.807) is 5.38 Å². The minimum Gasteiger partial charge on any atom is -0.349 e. The van der Waals surface area contributed by atoms with Gasteiger partial charge in [-0.15, -0.1) is 11.3 Å². The smallest absolute Gasteiger partial charge is 0.349 e. The van der Waals surface area contributed by atoms with E-state index in [-0.39, 0.29) is 24.4 Å². The number of halogens is 3. The quantitative estimate of drug-likeness (QED) is 0.924. The number of nitrogens with zero attached hydrogens (tertiary/aromatic N) is 4. The predicted octanol–water partition coefficient (Wildman–Crippen LogP) is 1.63. The van der Waals surface area contributed by atoms with Gasteiger partial charge in [-0.25, -0.2) is 4.98 Å². The summed E-state index contributed by atoms with van der Waals surface area (Å²) in [6.45, 7) is 0.120. The number of thiazole rings is 1. The number of nitrogens with one attached hydrogen (secondary N) is 1. The van der Waals surface area contributed by atoms with E-state index in [1.165, 1.54) is 18.4 Å². The maximum atomic E-state index is 12.5. The largest absolute Gasteiger partial charge is 0.435 e. The van der Waals surface area contributed by atoms with Crippen LogP contribution in [0.1, 0.15) is 22.1 Å². The molecule has 0 aromatic carbocycles. The Balaban J connectivity index is 1.95. The average molecular weight is 329 g/mol. The number of amides is 1. The van der Waals surface area contributed by atoms with Gasteiger partial charge in [0.25, 0.3) is 0 Å². The Morgan fingerprint density at radius 2 is 2.27 bits per heavy atom. The van der Waals surface area contributed by atoms with Crippen molar-refractivity contribution < 1.29 is 18.0 Å². The van der Waals surface area contributed by atoms with Gasteiger partial charge in [-0.05, 0) is 6.07 Å². The molecule has 2 aromatic heterocycles. The number of hydrogen-bond acceptors (Lipinski definition) is 5. The van der Waals surface area contributed by atoms with E-state index in [4.69, 9.17) is 5.26 Å². The molecular formula is C12H10F3N5OS. The first kappa shape index (κ1) is 16.0. The Labute approximate surface area is 127 Å². The number of aryl methyl sites for hydroxylation is 1. The molecule has 1 N–H and O–H groups in total. The molecule has 0 aliphatic heterocycles. The lowest BCUT2D eigenvalue weighted by molar-refractivity contribution is -0.141. The second-order valence-electron chi connectivity index (χ2n) is 4.33. The lowest BCUT2D eigenvalue weighted by Gasteiger charge is -2.03. The van der Waals surface area contributed by atoms with Gasteiger partial charge in [0.15, 0.2) is 11.4 Å². The molecule has 2 aromatic rings. The predicted molar refractivity (Wildman–Crippen MR) is 70.6 cm³/mol. The van der Waals surface area contributed by atoms with Crippen LogP contribution in [0.15, 0.2) is 11.4 Å². The molecule has 0 radical (unpaired) electrons. The number of carbonyl (C=O) groups is 1. The summed E-state index contributed by atoms with van der Waals surface area (Å²) >= 11 is 1.22. The maximum Gasteiger partial charge on any atom is 0.435 e. The third-order valence-electron chi connectivity index (χ3n) is 2.71. The molecular weight excluding hydrogens is 319 g/mol. The highest BCUT2D eigenvalue weighted by molar-refractivity contribution is 7.09. The van der Waals surface area contributed by atoms with Gasteiger partial charge in [0.2, 0.25) is 5.91 Å². The average Bonchev–Trinajstić information content (AvgIpc) is 3.03. The van der Waals surface area contributed by atoms with Gasteiger partial charge < -0.3 is 5.32 Å². The van der Waals surface area contributed by atoms with Gasteiger partial charge >= 0.3 is 6.18 Å². The Hall–Kier alpha value is -2.41. The van der Waals surface area contributed by atoms with E-state index >= 15 is 0 Å². The Bertz CT molecular complexity index is 728. The molecule has 0 bridgehead atoms. The Morgan fingerprint density at radius 3 is 2.82 bits per heavy atom.